The largest absolute Gasteiger partial charge is 0.326 e. The average molecular weight is 313 g/mol. The Morgan fingerprint density at radius 3 is 3.05 bits per heavy atom. The summed E-state index contributed by atoms with van der Waals surface area (Å²) in [5, 5.41) is 9.91. The number of thiazole rings is 1. The minimum absolute atomic E-state index is 0.0536. The van der Waals surface area contributed by atoms with Gasteiger partial charge in [-0.15, -0.1) is 11.3 Å². The topological polar surface area (TPSA) is 72.7 Å². The normalized spacial score (nSPS) is 10.6. The van der Waals surface area contributed by atoms with Crippen molar-refractivity contribution in [1.29, 1.82) is 0 Å². The van der Waals surface area contributed by atoms with E-state index < -0.39 is 0 Å². The smallest absolute Gasteiger partial charge is 0.226 e. The molecule has 0 radical (unpaired) electrons. The Morgan fingerprint density at radius 1 is 1.41 bits per heavy atom. The second kappa shape index (κ2) is 6.48. The van der Waals surface area contributed by atoms with Gasteiger partial charge < -0.3 is 5.32 Å². The Bertz CT molecular complexity index is 766. The molecule has 0 aliphatic rings. The number of carbonyl (C=O) groups excluding carboxylic acids is 1. The number of amides is 1. The van der Waals surface area contributed by atoms with Crippen LogP contribution in [0.25, 0.3) is 11.3 Å². The predicted octanol–water partition coefficient (Wildman–Crippen LogP) is 2.74. The fourth-order valence-electron chi connectivity index (χ4n) is 2.04. The van der Waals surface area contributed by atoms with Gasteiger partial charge in [0.1, 0.15) is 12.7 Å². The van der Waals surface area contributed by atoms with Gasteiger partial charge in [-0.25, -0.2) is 9.97 Å². The number of nitrogens with zero attached hydrogens (tertiary/aromatic N) is 4. The third-order valence-electron chi connectivity index (χ3n) is 3.10. The summed E-state index contributed by atoms with van der Waals surface area (Å²) in [7, 11) is 0. The van der Waals surface area contributed by atoms with Crippen molar-refractivity contribution in [3.05, 3.63) is 47.3 Å². The molecule has 1 amide bonds. The lowest BCUT2D eigenvalue weighted by molar-refractivity contribution is -0.116. The number of hydrogen-bond donors (Lipinski definition) is 1. The van der Waals surface area contributed by atoms with Crippen LogP contribution in [-0.4, -0.2) is 25.7 Å². The number of aromatic nitrogens is 4. The van der Waals surface area contributed by atoms with Gasteiger partial charge in [0.15, 0.2) is 0 Å². The molecule has 112 valence electrons. The van der Waals surface area contributed by atoms with Crippen molar-refractivity contribution >= 4 is 22.9 Å². The van der Waals surface area contributed by atoms with Gasteiger partial charge >= 0.3 is 0 Å². The highest BCUT2D eigenvalue weighted by Crippen LogP contribution is 2.24. The number of rotatable bonds is 5. The SMILES string of the molecule is Cc1nc(-c2cccc(NC(=O)CCn3cncn3)c2)cs1. The van der Waals surface area contributed by atoms with Crippen LogP contribution in [0.4, 0.5) is 5.69 Å². The third kappa shape index (κ3) is 3.56. The first kappa shape index (κ1) is 14.4. The molecule has 2 aromatic heterocycles. The molecular formula is C15H15N5OS. The monoisotopic (exact) mass is 313 g/mol. The summed E-state index contributed by atoms with van der Waals surface area (Å²) in [6.07, 6.45) is 3.40. The molecule has 0 saturated carbocycles. The van der Waals surface area contributed by atoms with Crippen molar-refractivity contribution in [3.8, 4) is 11.3 Å². The number of aryl methyl sites for hydroxylation is 2. The Kier molecular flexibility index (Phi) is 4.24. The molecule has 2 heterocycles. The van der Waals surface area contributed by atoms with Crippen LogP contribution in [0.15, 0.2) is 42.3 Å². The molecule has 0 saturated heterocycles. The van der Waals surface area contributed by atoms with Gasteiger partial charge in [-0.3, -0.25) is 9.48 Å². The Morgan fingerprint density at radius 2 is 2.32 bits per heavy atom. The van der Waals surface area contributed by atoms with Crippen molar-refractivity contribution in [2.24, 2.45) is 0 Å². The zero-order chi connectivity index (χ0) is 15.4. The van der Waals surface area contributed by atoms with Gasteiger partial charge in [0.2, 0.25) is 5.91 Å². The second-order valence-electron chi connectivity index (χ2n) is 4.79. The summed E-state index contributed by atoms with van der Waals surface area (Å²) in [5.74, 6) is -0.0536. The van der Waals surface area contributed by atoms with E-state index in [0.717, 1.165) is 22.0 Å². The molecule has 0 spiro atoms. The van der Waals surface area contributed by atoms with Gasteiger partial charge in [-0.1, -0.05) is 12.1 Å². The van der Waals surface area contributed by atoms with Gasteiger partial charge in [0, 0.05) is 23.1 Å². The van der Waals surface area contributed by atoms with Crippen molar-refractivity contribution in [2.75, 3.05) is 5.32 Å². The fraction of sp³-hybridized carbons (Fsp3) is 0.200. The lowest BCUT2D eigenvalue weighted by Crippen LogP contribution is -2.14. The number of hydrogen-bond acceptors (Lipinski definition) is 5. The van der Waals surface area contributed by atoms with Crippen LogP contribution < -0.4 is 5.32 Å². The van der Waals surface area contributed by atoms with Crippen molar-refractivity contribution < 1.29 is 4.79 Å². The molecule has 0 atom stereocenters. The Hall–Kier alpha value is -2.54. The van der Waals surface area contributed by atoms with E-state index in [1.54, 1.807) is 22.3 Å². The molecule has 3 rings (SSSR count). The average Bonchev–Trinajstić information content (AvgIpc) is 3.17. The zero-order valence-corrected chi connectivity index (χ0v) is 12.9. The minimum Gasteiger partial charge on any atom is -0.326 e. The second-order valence-corrected chi connectivity index (χ2v) is 5.85. The molecule has 0 aliphatic carbocycles. The van der Waals surface area contributed by atoms with E-state index in [9.17, 15) is 4.79 Å². The summed E-state index contributed by atoms with van der Waals surface area (Å²) < 4.78 is 1.63. The highest BCUT2D eigenvalue weighted by Gasteiger charge is 2.06. The molecule has 0 fully saturated rings. The van der Waals surface area contributed by atoms with Gasteiger partial charge in [0.25, 0.3) is 0 Å². The number of benzene rings is 1. The fourth-order valence-corrected chi connectivity index (χ4v) is 2.66. The molecular weight excluding hydrogens is 298 g/mol. The molecule has 3 aromatic rings. The molecule has 0 bridgehead atoms. The molecule has 6 nitrogen and oxygen atoms in total. The van der Waals surface area contributed by atoms with Crippen molar-refractivity contribution in [2.45, 2.75) is 19.9 Å². The summed E-state index contributed by atoms with van der Waals surface area (Å²) in [6.45, 7) is 2.49. The van der Waals surface area contributed by atoms with E-state index in [-0.39, 0.29) is 5.91 Å². The maximum absolute atomic E-state index is 12.0. The lowest BCUT2D eigenvalue weighted by Gasteiger charge is -2.06. The molecule has 22 heavy (non-hydrogen) atoms. The van der Waals surface area contributed by atoms with E-state index in [2.05, 4.69) is 20.4 Å². The lowest BCUT2D eigenvalue weighted by atomic mass is 10.1. The van der Waals surface area contributed by atoms with Gasteiger partial charge in [-0.05, 0) is 19.1 Å². The first-order valence-corrected chi connectivity index (χ1v) is 7.73. The van der Waals surface area contributed by atoms with E-state index >= 15 is 0 Å². The summed E-state index contributed by atoms with van der Waals surface area (Å²) in [6, 6.07) is 7.70. The molecule has 1 aromatic carbocycles. The highest BCUT2D eigenvalue weighted by molar-refractivity contribution is 7.09. The third-order valence-corrected chi connectivity index (χ3v) is 3.87. The first-order valence-electron chi connectivity index (χ1n) is 6.85. The first-order chi connectivity index (χ1) is 10.7. The van der Waals surface area contributed by atoms with Crippen LogP contribution in [0, 0.1) is 6.92 Å². The summed E-state index contributed by atoms with van der Waals surface area (Å²) in [5.41, 5.74) is 2.70. The zero-order valence-electron chi connectivity index (χ0n) is 12.1. The van der Waals surface area contributed by atoms with Crippen LogP contribution in [0.1, 0.15) is 11.4 Å². The van der Waals surface area contributed by atoms with Crippen LogP contribution in [0.3, 0.4) is 0 Å². The Labute approximate surface area is 131 Å². The molecule has 1 N–H and O–H groups in total. The van der Waals surface area contributed by atoms with Crippen LogP contribution in [-0.2, 0) is 11.3 Å². The number of anilines is 1. The van der Waals surface area contributed by atoms with Crippen LogP contribution in [0.2, 0.25) is 0 Å². The summed E-state index contributed by atoms with van der Waals surface area (Å²) >= 11 is 1.61. The molecule has 7 heteroatoms. The number of carbonyl (C=O) groups is 1. The highest BCUT2D eigenvalue weighted by atomic mass is 32.1. The maximum Gasteiger partial charge on any atom is 0.226 e. The van der Waals surface area contributed by atoms with E-state index in [1.807, 2.05) is 36.6 Å². The molecule has 0 unspecified atom stereocenters. The minimum atomic E-state index is -0.0536. The molecule has 0 aliphatic heterocycles. The van der Waals surface area contributed by atoms with Crippen molar-refractivity contribution in [3.63, 3.8) is 0 Å². The standard InChI is InChI=1S/C15H15N5OS/c1-11-18-14(8-22-11)12-3-2-4-13(7-12)19-15(21)5-6-20-10-16-9-17-20/h2-4,7-10H,5-6H2,1H3,(H,19,21). The van der Waals surface area contributed by atoms with Gasteiger partial charge in [0.05, 0.1) is 17.2 Å². The summed E-state index contributed by atoms with van der Waals surface area (Å²) in [4.78, 5) is 20.3. The quantitative estimate of drug-likeness (QED) is 0.786. The predicted molar refractivity (Wildman–Crippen MR) is 85.6 cm³/mol. The van der Waals surface area contributed by atoms with Crippen LogP contribution >= 0.6 is 11.3 Å². The van der Waals surface area contributed by atoms with E-state index in [4.69, 9.17) is 0 Å². The van der Waals surface area contributed by atoms with Gasteiger partial charge in [-0.2, -0.15) is 5.10 Å². The Balaban J connectivity index is 1.63. The maximum atomic E-state index is 12.0. The van der Waals surface area contributed by atoms with Crippen molar-refractivity contribution in [1.82, 2.24) is 19.7 Å². The van der Waals surface area contributed by atoms with E-state index in [1.165, 1.54) is 6.33 Å². The van der Waals surface area contributed by atoms with Crippen LogP contribution in [0.5, 0.6) is 0 Å². The number of nitrogens with one attached hydrogen (secondary N) is 1. The van der Waals surface area contributed by atoms with E-state index in [0.29, 0.717) is 13.0 Å².